The molecule has 355 valence electrons. The van der Waals surface area contributed by atoms with Crippen LogP contribution in [0, 0.1) is 11.6 Å². The molecule has 0 bridgehead atoms. The van der Waals surface area contributed by atoms with Crippen LogP contribution in [0.25, 0.3) is 0 Å². The molecule has 0 aromatic heterocycles. The van der Waals surface area contributed by atoms with Crippen molar-refractivity contribution in [2.45, 2.75) is 0 Å². The van der Waals surface area contributed by atoms with E-state index in [9.17, 15) is 13.3 Å². The second-order valence-electron chi connectivity index (χ2n) is 14.9. The van der Waals surface area contributed by atoms with Gasteiger partial charge in [0.05, 0.1) is 10.6 Å². The summed E-state index contributed by atoms with van der Waals surface area (Å²) in [5, 5.41) is 20.2. The molecular weight excluding hydrogens is 1010 g/mol. The number of carbonyl (C=O) groups is 1. The fraction of sp³-hybridized carbons (Fsp3) is 0. The number of anilines is 3. The van der Waals surface area contributed by atoms with Gasteiger partial charge >= 0.3 is 51.4 Å². The van der Waals surface area contributed by atoms with Crippen molar-refractivity contribution in [3.8, 4) is 28.7 Å². The molecule has 0 amide bonds. The number of rotatable bonds is 11. The molecule has 17 heteroatoms. The van der Waals surface area contributed by atoms with E-state index >= 15 is 4.57 Å². The van der Waals surface area contributed by atoms with Crippen LogP contribution in [0.3, 0.4) is 0 Å². The fourth-order valence-electron chi connectivity index (χ4n) is 6.85. The van der Waals surface area contributed by atoms with Crippen molar-refractivity contribution in [1.82, 2.24) is 0 Å². The van der Waals surface area contributed by atoms with Crippen LogP contribution in [0.1, 0.15) is 0 Å². The van der Waals surface area contributed by atoms with E-state index in [0.717, 1.165) is 12.1 Å². The zero-order chi connectivity index (χ0) is 49.9. The van der Waals surface area contributed by atoms with Crippen molar-refractivity contribution in [2.75, 3.05) is 17.2 Å². The Morgan fingerprint density at radius 3 is 1.15 bits per heavy atom. The molecule has 0 aliphatic rings. The summed E-state index contributed by atoms with van der Waals surface area (Å²) in [5.41, 5.74) is 18.9. The van der Waals surface area contributed by atoms with Gasteiger partial charge in [-0.2, -0.15) is 0 Å². The predicted molar refractivity (Wildman–Crippen MR) is 279 cm³/mol. The van der Waals surface area contributed by atoms with E-state index in [1.54, 1.807) is 146 Å². The molecule has 7 N–H and O–H groups in total. The number of phenols is 1. The molecule has 0 saturated heterocycles. The molecule has 1 radical (unpaired) electrons. The number of benzene rings is 9. The average Bonchev–Trinajstić information content (AvgIpc) is 3.40. The number of nitrogen functional groups attached to an aromatic ring is 3. The standard InChI is InChI=1S/C30H25N2O3P.C18H13F2OP.C6H7NO.CH2O3.2K/c31-22-11-15-24(16-12-22)34-26-19-20-30(29(21-26)35-25-17-13-23(32)14-18-25)36(33,27-7-3-1-4-8-27)28-9-5-2-6-10-28;19-14-11-12-18(17(20)13-14)22(21,15-7-3-1-4-8-15)16-9-5-2-6-10-16;7-5-1-3-6(8)4-2-5;2-1-4-3;;/h1-21H,31-32H2;1-13H;1-4,8H,7H2;1,3H;;/q;;;;;+1/p-1. The summed E-state index contributed by atoms with van der Waals surface area (Å²) in [6.45, 7) is -0.181. The van der Waals surface area contributed by atoms with E-state index in [0.29, 0.717) is 66.6 Å². The largest absolute Gasteiger partial charge is 1.00 e. The van der Waals surface area contributed by atoms with Crippen molar-refractivity contribution in [2.24, 2.45) is 0 Å². The van der Waals surface area contributed by atoms with Crippen molar-refractivity contribution in [1.29, 1.82) is 0 Å². The zero-order valence-electron chi connectivity index (χ0n) is 39.2. The summed E-state index contributed by atoms with van der Waals surface area (Å²) in [6.07, 6.45) is 0. The van der Waals surface area contributed by atoms with Gasteiger partial charge in [-0.25, -0.2) is 8.78 Å². The van der Waals surface area contributed by atoms with Crippen LogP contribution in [0.5, 0.6) is 28.7 Å². The Labute approximate surface area is 501 Å². The molecule has 0 heterocycles. The third-order valence-electron chi connectivity index (χ3n) is 10.2. The van der Waals surface area contributed by atoms with Crippen LogP contribution in [0.15, 0.2) is 231 Å². The van der Waals surface area contributed by atoms with Gasteiger partial charge in [0.15, 0.2) is 14.3 Å². The summed E-state index contributed by atoms with van der Waals surface area (Å²) < 4.78 is 68.7. The monoisotopic (exact) mass is 1050 g/mol. The number of ether oxygens (including phenoxy) is 2. The van der Waals surface area contributed by atoms with Crippen LogP contribution in [0.4, 0.5) is 25.8 Å². The number of hydrogen-bond acceptors (Lipinski definition) is 11. The van der Waals surface area contributed by atoms with Crippen molar-refractivity contribution in [3.05, 3.63) is 242 Å². The van der Waals surface area contributed by atoms with Crippen LogP contribution < -0.4 is 115 Å². The molecule has 9 aromatic carbocycles. The molecule has 9 rings (SSSR count). The summed E-state index contributed by atoms with van der Waals surface area (Å²) in [6, 6.07) is 65.6. The van der Waals surface area contributed by atoms with E-state index in [4.69, 9.17) is 41.8 Å². The first-order chi connectivity index (χ1) is 33.8. The van der Waals surface area contributed by atoms with E-state index in [2.05, 4.69) is 4.89 Å². The van der Waals surface area contributed by atoms with Crippen molar-refractivity contribution < 1.29 is 98.8 Å². The Bertz CT molecular complexity index is 3060. The van der Waals surface area contributed by atoms with Crippen molar-refractivity contribution >= 4 is 121 Å². The molecule has 0 saturated carbocycles. The third kappa shape index (κ3) is 16.2. The quantitative estimate of drug-likeness (QED) is 0.0235. The normalized spacial score (nSPS) is 10.3. The van der Waals surface area contributed by atoms with Crippen LogP contribution in [-0.4, -0.2) is 63.0 Å². The fourth-order valence-corrected chi connectivity index (χ4v) is 12.3. The van der Waals surface area contributed by atoms with Gasteiger partial charge in [0.1, 0.15) is 40.4 Å². The maximum atomic E-state index is 15.0. The van der Waals surface area contributed by atoms with Crippen LogP contribution in [-0.2, 0) is 18.8 Å². The molecule has 0 fully saturated rings. The Kier molecular flexibility index (Phi) is 24.3. The average molecular weight is 1060 g/mol. The summed E-state index contributed by atoms with van der Waals surface area (Å²) in [5.74, 6) is 0.946. The van der Waals surface area contributed by atoms with Gasteiger partial charge in [-0.05, 0) is 97.1 Å². The first kappa shape index (κ1) is 59.4. The summed E-state index contributed by atoms with van der Waals surface area (Å²) >= 11 is 0. The molecule has 9 aromatic rings. The predicted octanol–water partition coefficient (Wildman–Crippen LogP) is 5.71. The number of hydrogen-bond donors (Lipinski definition) is 4. The van der Waals surface area contributed by atoms with Crippen LogP contribution in [0.2, 0.25) is 0 Å². The maximum Gasteiger partial charge on any atom is 1.00 e. The van der Waals surface area contributed by atoms with Gasteiger partial charge < -0.3 is 51.1 Å². The van der Waals surface area contributed by atoms with E-state index in [-0.39, 0.29) is 120 Å². The Balaban J connectivity index is 0.000000264. The second-order valence-corrected chi connectivity index (χ2v) is 20.4. The second kappa shape index (κ2) is 29.5. The summed E-state index contributed by atoms with van der Waals surface area (Å²) in [4.78, 5) is 11.2. The molecule has 0 atom stereocenters. The first-order valence-corrected chi connectivity index (χ1v) is 24.6. The van der Waals surface area contributed by atoms with E-state index in [1.165, 1.54) is 6.07 Å². The number of halogens is 2. The Morgan fingerprint density at radius 2 is 0.792 bits per heavy atom. The SMILES string of the molecule is Nc1ccc(O)cc1.Nc1ccc(Oc2ccc(P(=O)(c3ccccc3)c3ccccc3)c(Oc3ccc(N)cc3)c2)cc1.O=CO[O-].O=P(c1ccccc1)(c1ccccc1)c1ccc(F)cc1F.[K+].[K]. The third-order valence-corrected chi connectivity index (χ3v) is 16.3. The topological polar surface area (TPSA) is 200 Å². The van der Waals surface area contributed by atoms with Gasteiger partial charge in [-0.15, -0.1) is 0 Å². The Morgan fingerprint density at radius 1 is 0.458 bits per heavy atom. The molecule has 72 heavy (non-hydrogen) atoms. The minimum atomic E-state index is -3.38. The van der Waals surface area contributed by atoms with Gasteiger partial charge in [-0.3, -0.25) is 4.79 Å². The molecule has 0 unspecified atom stereocenters. The van der Waals surface area contributed by atoms with Crippen molar-refractivity contribution in [3.63, 3.8) is 0 Å². The van der Waals surface area contributed by atoms with Crippen LogP contribution >= 0.6 is 14.3 Å². The van der Waals surface area contributed by atoms with E-state index < -0.39 is 25.9 Å². The zero-order valence-corrected chi connectivity index (χ0v) is 47.2. The van der Waals surface area contributed by atoms with Gasteiger partial charge in [-0.1, -0.05) is 121 Å². The first-order valence-electron chi connectivity index (χ1n) is 21.2. The van der Waals surface area contributed by atoms with Gasteiger partial charge in [0.2, 0.25) is 0 Å². The molecule has 11 nitrogen and oxygen atoms in total. The number of nitrogens with two attached hydrogens (primary N) is 3. The van der Waals surface area contributed by atoms with Gasteiger partial charge in [0, 0.05) is 102 Å². The smallest absolute Gasteiger partial charge is 0.662 e. The number of carbonyl (C=O) groups excluding carboxylic acids is 1. The maximum absolute atomic E-state index is 15.0. The van der Waals surface area contributed by atoms with Gasteiger partial charge in [0.25, 0.3) is 6.47 Å². The molecule has 0 aliphatic carbocycles. The number of phenolic OH excluding ortho intramolecular Hbond substituents is 1. The number of aromatic hydroxyl groups is 1. The molecular formula is C55H46F2K2N3O8P2. The molecule has 0 aliphatic heterocycles. The minimum absolute atomic E-state index is 0. The van der Waals surface area contributed by atoms with E-state index in [1.807, 2.05) is 66.7 Å². The Hall–Kier alpha value is -5.20. The summed E-state index contributed by atoms with van der Waals surface area (Å²) in [7, 11) is -6.67. The molecule has 0 spiro atoms. The minimum Gasteiger partial charge on any atom is -0.662 e.